The Morgan fingerprint density at radius 3 is 2.57 bits per heavy atom. The van der Waals surface area contributed by atoms with E-state index >= 15 is 0 Å². The number of para-hydroxylation sites is 1. The number of hydrogen-bond acceptors (Lipinski definition) is 5. The van der Waals surface area contributed by atoms with Crippen LogP contribution in [0.5, 0.6) is 11.5 Å². The fraction of sp³-hybridized carbons (Fsp3) is 0.107. The van der Waals surface area contributed by atoms with Crippen LogP contribution in [0.2, 0.25) is 0 Å². The average Bonchev–Trinajstić information content (AvgIpc) is 3.22. The highest BCUT2D eigenvalue weighted by molar-refractivity contribution is 7.16. The predicted octanol–water partition coefficient (Wildman–Crippen LogP) is 5.06. The molecule has 3 aromatic carbocycles. The van der Waals surface area contributed by atoms with E-state index in [0.29, 0.717) is 35.1 Å². The van der Waals surface area contributed by atoms with Crippen LogP contribution < -0.4 is 14.3 Å². The third-order valence-corrected chi connectivity index (χ3v) is 6.85. The molecule has 0 radical (unpaired) electrons. The molecule has 1 aliphatic rings. The first-order valence-corrected chi connectivity index (χ1v) is 11.9. The molecule has 0 atom stereocenters. The van der Waals surface area contributed by atoms with Crippen molar-refractivity contribution in [3.63, 3.8) is 0 Å². The molecule has 7 heteroatoms. The Bertz CT molecular complexity index is 1710. The van der Waals surface area contributed by atoms with Gasteiger partial charge in [0.05, 0.1) is 33.5 Å². The minimum Gasteiger partial charge on any atom is -0.486 e. The number of thiazole rings is 1. The van der Waals surface area contributed by atoms with Gasteiger partial charge in [0.25, 0.3) is 5.91 Å². The molecule has 5 aromatic rings. The molecule has 0 bridgehead atoms. The quantitative estimate of drug-likeness (QED) is 0.341. The van der Waals surface area contributed by atoms with Crippen LogP contribution >= 0.6 is 11.3 Å². The van der Waals surface area contributed by atoms with Crippen molar-refractivity contribution in [3.05, 3.63) is 83.2 Å². The first kappa shape index (κ1) is 21.1. The summed E-state index contributed by atoms with van der Waals surface area (Å²) in [4.78, 5) is 23.4. The summed E-state index contributed by atoms with van der Waals surface area (Å²) in [6.07, 6.45) is 5.66. The van der Waals surface area contributed by atoms with E-state index in [1.807, 2.05) is 77.4 Å². The van der Waals surface area contributed by atoms with Gasteiger partial charge in [-0.3, -0.25) is 4.79 Å². The van der Waals surface area contributed by atoms with Gasteiger partial charge in [-0.05, 0) is 12.1 Å². The molecule has 3 heterocycles. The van der Waals surface area contributed by atoms with Gasteiger partial charge in [0.1, 0.15) is 13.2 Å². The minimum absolute atomic E-state index is 0.276. The Kier molecular flexibility index (Phi) is 5.28. The van der Waals surface area contributed by atoms with Gasteiger partial charge >= 0.3 is 0 Å². The molecule has 0 saturated carbocycles. The number of terminal acetylenes is 1. The molecular formula is C28H19N3O3S. The van der Waals surface area contributed by atoms with E-state index in [4.69, 9.17) is 20.9 Å². The zero-order valence-corrected chi connectivity index (χ0v) is 19.4. The number of pyridine rings is 1. The first-order valence-electron chi connectivity index (χ1n) is 11.1. The number of amides is 1. The van der Waals surface area contributed by atoms with Gasteiger partial charge in [-0.1, -0.05) is 65.8 Å². The van der Waals surface area contributed by atoms with Crippen molar-refractivity contribution < 1.29 is 14.3 Å². The fourth-order valence-electron chi connectivity index (χ4n) is 4.19. The molecule has 170 valence electrons. The van der Waals surface area contributed by atoms with Crippen LogP contribution in [0.25, 0.3) is 32.4 Å². The predicted molar refractivity (Wildman–Crippen MR) is 137 cm³/mol. The maximum atomic E-state index is 13.6. The van der Waals surface area contributed by atoms with E-state index in [-0.39, 0.29) is 12.5 Å². The molecule has 0 spiro atoms. The van der Waals surface area contributed by atoms with Crippen LogP contribution in [-0.4, -0.2) is 28.7 Å². The molecule has 6 rings (SSSR count). The lowest BCUT2D eigenvalue weighted by molar-refractivity contribution is 0.0999. The summed E-state index contributed by atoms with van der Waals surface area (Å²) in [5.74, 6) is 3.67. The minimum atomic E-state index is -0.352. The number of hydrogen-bond donors (Lipinski definition) is 0. The highest BCUT2D eigenvalue weighted by Crippen LogP contribution is 2.35. The number of benzene rings is 3. The molecule has 6 nitrogen and oxygen atoms in total. The van der Waals surface area contributed by atoms with Crippen LogP contribution in [0.15, 0.2) is 77.8 Å². The van der Waals surface area contributed by atoms with Gasteiger partial charge < -0.3 is 14.0 Å². The molecule has 0 N–H and O–H groups in total. The number of fused-ring (bicyclic) bond motifs is 3. The Balaban J connectivity index is 1.53. The lowest BCUT2D eigenvalue weighted by atomic mass is 10.0. The Morgan fingerprint density at radius 1 is 1.03 bits per heavy atom. The van der Waals surface area contributed by atoms with Gasteiger partial charge in [0.15, 0.2) is 16.3 Å². The number of carbonyl (C=O) groups is 1. The number of aromatic nitrogens is 2. The molecule has 0 unspecified atom stereocenters. The second-order valence-electron chi connectivity index (χ2n) is 7.99. The maximum absolute atomic E-state index is 13.6. The molecule has 0 fully saturated rings. The van der Waals surface area contributed by atoms with E-state index in [1.165, 1.54) is 11.3 Å². The summed E-state index contributed by atoms with van der Waals surface area (Å²) in [6.45, 7) is 1.27. The second-order valence-corrected chi connectivity index (χ2v) is 9.00. The molecule has 35 heavy (non-hydrogen) atoms. The maximum Gasteiger partial charge on any atom is 0.280 e. The van der Waals surface area contributed by atoms with Crippen molar-refractivity contribution in [1.82, 2.24) is 9.55 Å². The van der Waals surface area contributed by atoms with Crippen molar-refractivity contribution in [2.75, 3.05) is 13.2 Å². The smallest absolute Gasteiger partial charge is 0.280 e. The van der Waals surface area contributed by atoms with Crippen molar-refractivity contribution >= 4 is 38.4 Å². The Hall–Kier alpha value is -4.41. The average molecular weight is 478 g/mol. The van der Waals surface area contributed by atoms with E-state index in [2.05, 4.69) is 10.9 Å². The van der Waals surface area contributed by atoms with Crippen LogP contribution in [0.3, 0.4) is 0 Å². The molecule has 0 aliphatic carbocycles. The summed E-state index contributed by atoms with van der Waals surface area (Å²) in [5.41, 5.74) is 3.74. The molecular weight excluding hydrogens is 458 g/mol. The summed E-state index contributed by atoms with van der Waals surface area (Å²) < 4.78 is 14.2. The topological polar surface area (TPSA) is 65.7 Å². The van der Waals surface area contributed by atoms with Crippen molar-refractivity contribution in [3.8, 4) is 35.1 Å². The monoisotopic (exact) mass is 477 g/mol. The van der Waals surface area contributed by atoms with Gasteiger partial charge in [-0.15, -0.1) is 6.42 Å². The molecule has 1 aliphatic heterocycles. The van der Waals surface area contributed by atoms with E-state index in [0.717, 1.165) is 32.4 Å². The second kappa shape index (κ2) is 8.75. The van der Waals surface area contributed by atoms with Crippen LogP contribution in [0.1, 0.15) is 10.4 Å². The van der Waals surface area contributed by atoms with E-state index < -0.39 is 0 Å². The molecule has 0 saturated heterocycles. The van der Waals surface area contributed by atoms with Crippen LogP contribution in [0.4, 0.5) is 0 Å². The highest BCUT2D eigenvalue weighted by atomic mass is 32.1. The van der Waals surface area contributed by atoms with Crippen LogP contribution in [-0.2, 0) is 6.54 Å². The van der Waals surface area contributed by atoms with Gasteiger partial charge in [-0.25, -0.2) is 4.98 Å². The van der Waals surface area contributed by atoms with Gasteiger partial charge in [0, 0.05) is 23.1 Å². The van der Waals surface area contributed by atoms with E-state index in [9.17, 15) is 4.79 Å². The highest BCUT2D eigenvalue weighted by Gasteiger charge is 2.18. The SMILES string of the molecule is C#CCn1c(=NC(=O)c2cc(-c3ccccc3)nc3ccccc23)sc2cc3c(cc21)OCCO3. The standard InChI is InChI=1S/C28H19N3O3S/c1-2-12-31-23-16-24-25(34-14-13-33-24)17-26(23)35-28(31)30-27(32)20-15-22(18-8-4-3-5-9-18)29-21-11-7-6-10-19(20)21/h1,3-11,15-17H,12-14H2. The summed E-state index contributed by atoms with van der Waals surface area (Å²) in [6, 6.07) is 23.0. The van der Waals surface area contributed by atoms with Crippen molar-refractivity contribution in [2.45, 2.75) is 6.54 Å². The lowest BCUT2D eigenvalue weighted by Crippen LogP contribution is -2.17. The van der Waals surface area contributed by atoms with Gasteiger partial charge in [-0.2, -0.15) is 4.99 Å². The third kappa shape index (κ3) is 3.84. The Labute approximate surface area is 205 Å². The van der Waals surface area contributed by atoms with Crippen molar-refractivity contribution in [2.24, 2.45) is 4.99 Å². The third-order valence-electron chi connectivity index (χ3n) is 5.81. The summed E-state index contributed by atoms with van der Waals surface area (Å²) in [7, 11) is 0. The largest absolute Gasteiger partial charge is 0.486 e. The lowest BCUT2D eigenvalue weighted by Gasteiger charge is -2.18. The first-order chi connectivity index (χ1) is 17.2. The number of rotatable bonds is 3. The fourth-order valence-corrected chi connectivity index (χ4v) is 5.23. The Morgan fingerprint density at radius 2 is 1.77 bits per heavy atom. The van der Waals surface area contributed by atoms with Gasteiger partial charge in [0.2, 0.25) is 0 Å². The molecule has 2 aromatic heterocycles. The van der Waals surface area contributed by atoms with Crippen LogP contribution in [0, 0.1) is 12.3 Å². The van der Waals surface area contributed by atoms with Crippen molar-refractivity contribution in [1.29, 1.82) is 0 Å². The number of ether oxygens (including phenoxy) is 2. The normalized spacial score (nSPS) is 13.2. The zero-order valence-electron chi connectivity index (χ0n) is 18.6. The molecule has 1 amide bonds. The number of nitrogens with zero attached hydrogens (tertiary/aromatic N) is 3. The summed E-state index contributed by atoms with van der Waals surface area (Å²) in [5, 5.41) is 0.753. The summed E-state index contributed by atoms with van der Waals surface area (Å²) >= 11 is 1.39. The van der Waals surface area contributed by atoms with E-state index in [1.54, 1.807) is 0 Å². The zero-order chi connectivity index (χ0) is 23.8. The number of carbonyl (C=O) groups excluding carboxylic acids is 1.